The Morgan fingerprint density at radius 1 is 1.06 bits per heavy atom. The Morgan fingerprint density at radius 3 is 2.47 bits per heavy atom. The van der Waals surface area contributed by atoms with Crippen LogP contribution in [0.5, 0.6) is 11.5 Å². The molecule has 0 bridgehead atoms. The molecule has 0 saturated carbocycles. The Hall–Kier alpha value is -3.95. The molecule has 0 amide bonds. The number of hydrogen-bond donors (Lipinski definition) is 2. The lowest BCUT2D eigenvalue weighted by Crippen LogP contribution is -2.33. The second-order valence-corrected chi connectivity index (χ2v) is 15.3. The zero-order valence-electron chi connectivity index (χ0n) is 31.8. The first-order valence-corrected chi connectivity index (χ1v) is 18.5. The van der Waals surface area contributed by atoms with Crippen molar-refractivity contribution in [2.75, 3.05) is 19.8 Å². The molecule has 278 valence electrons. The molecular formula is C42H59N3O6. The zero-order chi connectivity index (χ0) is 37.2. The SMILES string of the molecule is C=C(C)C1CCC(C)=CC1c1c(OCCOC(C)(C)CCOC(C)(C)Cc2cn(Cc3ccccc3)nn2)cc(CCCCC)c(C(=O)O)c1O. The van der Waals surface area contributed by atoms with Crippen LogP contribution in [-0.4, -0.2) is 62.2 Å². The fourth-order valence-electron chi connectivity index (χ4n) is 6.93. The summed E-state index contributed by atoms with van der Waals surface area (Å²) in [5.41, 5.74) is 4.44. The van der Waals surface area contributed by atoms with Crippen LogP contribution in [0.2, 0.25) is 0 Å². The molecule has 0 radical (unpaired) electrons. The van der Waals surface area contributed by atoms with Crippen molar-refractivity contribution in [2.45, 2.75) is 123 Å². The van der Waals surface area contributed by atoms with Crippen LogP contribution >= 0.6 is 0 Å². The van der Waals surface area contributed by atoms with Crippen LogP contribution in [0.3, 0.4) is 0 Å². The van der Waals surface area contributed by atoms with Crippen molar-refractivity contribution in [1.29, 1.82) is 0 Å². The van der Waals surface area contributed by atoms with E-state index in [9.17, 15) is 15.0 Å². The Morgan fingerprint density at radius 2 is 1.78 bits per heavy atom. The smallest absolute Gasteiger partial charge is 0.339 e. The van der Waals surface area contributed by atoms with Gasteiger partial charge in [0.15, 0.2) is 0 Å². The normalized spacial score (nSPS) is 16.6. The number of aromatic hydroxyl groups is 1. The van der Waals surface area contributed by atoms with Crippen LogP contribution in [0.15, 0.2) is 66.4 Å². The molecule has 2 N–H and O–H groups in total. The second-order valence-electron chi connectivity index (χ2n) is 15.3. The highest BCUT2D eigenvalue weighted by Crippen LogP contribution is 2.48. The van der Waals surface area contributed by atoms with Gasteiger partial charge in [-0.05, 0) is 96.8 Å². The standard InChI is InChI=1S/C42H59N3O6/c1-9-10-12-17-32-25-36(38(39(46)37(32)40(47)48)35-24-30(4)18-19-34(35)29(2)3)49-22-23-51-41(5,6)20-21-50-42(7,8)26-33-28-45(44-43-33)27-31-15-13-11-14-16-31/h11,13-16,24-25,28,34-35,46H,2,9-10,12,17-23,26-27H2,1,3-8H3,(H,47,48). The summed E-state index contributed by atoms with van der Waals surface area (Å²) < 4.78 is 20.9. The molecule has 2 aromatic carbocycles. The van der Waals surface area contributed by atoms with Gasteiger partial charge in [-0.3, -0.25) is 0 Å². The van der Waals surface area contributed by atoms with E-state index in [1.807, 2.05) is 55.9 Å². The Bertz CT molecular complexity index is 1640. The number of rotatable bonds is 20. The van der Waals surface area contributed by atoms with Gasteiger partial charge < -0.3 is 24.4 Å². The van der Waals surface area contributed by atoms with E-state index in [0.29, 0.717) is 55.9 Å². The molecule has 3 aromatic rings. The number of carbonyl (C=O) groups is 1. The first-order valence-electron chi connectivity index (χ1n) is 18.5. The van der Waals surface area contributed by atoms with Crippen molar-refractivity contribution < 1.29 is 29.2 Å². The van der Waals surface area contributed by atoms with Gasteiger partial charge in [-0.2, -0.15) is 0 Å². The molecule has 0 spiro atoms. The fraction of sp³-hybridized carbons (Fsp3) is 0.548. The minimum absolute atomic E-state index is 0.0253. The number of carboxylic acids is 1. The predicted octanol–water partition coefficient (Wildman–Crippen LogP) is 9.08. The average Bonchev–Trinajstić information content (AvgIpc) is 3.48. The van der Waals surface area contributed by atoms with Crippen molar-refractivity contribution >= 4 is 5.97 Å². The number of ether oxygens (including phenoxy) is 3. The van der Waals surface area contributed by atoms with E-state index >= 15 is 0 Å². The van der Waals surface area contributed by atoms with E-state index in [4.69, 9.17) is 14.2 Å². The van der Waals surface area contributed by atoms with Crippen molar-refractivity contribution in [3.63, 3.8) is 0 Å². The van der Waals surface area contributed by atoms with E-state index < -0.39 is 17.2 Å². The topological polar surface area (TPSA) is 116 Å². The van der Waals surface area contributed by atoms with E-state index in [1.54, 1.807) is 0 Å². The fourth-order valence-corrected chi connectivity index (χ4v) is 6.93. The number of nitrogens with zero attached hydrogens (tertiary/aromatic N) is 3. The van der Waals surface area contributed by atoms with Crippen LogP contribution in [-0.2, 0) is 28.9 Å². The molecule has 1 heterocycles. The number of aryl methyl sites for hydroxylation is 1. The molecule has 1 aliphatic rings. The lowest BCUT2D eigenvalue weighted by Gasteiger charge is -2.33. The molecule has 4 rings (SSSR count). The molecule has 1 aliphatic carbocycles. The van der Waals surface area contributed by atoms with Gasteiger partial charge in [0.25, 0.3) is 0 Å². The molecule has 9 heteroatoms. The van der Waals surface area contributed by atoms with Crippen LogP contribution in [0.25, 0.3) is 0 Å². The van der Waals surface area contributed by atoms with Crippen molar-refractivity contribution in [1.82, 2.24) is 15.0 Å². The monoisotopic (exact) mass is 701 g/mol. The summed E-state index contributed by atoms with van der Waals surface area (Å²) in [6.45, 7) is 20.4. The van der Waals surface area contributed by atoms with E-state index in [2.05, 4.69) is 62.8 Å². The number of aromatic nitrogens is 3. The Balaban J connectivity index is 1.38. The van der Waals surface area contributed by atoms with Crippen molar-refractivity contribution in [3.8, 4) is 11.5 Å². The predicted molar refractivity (Wildman–Crippen MR) is 202 cm³/mol. The highest BCUT2D eigenvalue weighted by molar-refractivity contribution is 5.94. The van der Waals surface area contributed by atoms with Gasteiger partial charge in [0.2, 0.25) is 0 Å². The zero-order valence-corrected chi connectivity index (χ0v) is 31.8. The summed E-state index contributed by atoms with van der Waals surface area (Å²) in [7, 11) is 0. The summed E-state index contributed by atoms with van der Waals surface area (Å²) >= 11 is 0. The number of aromatic carboxylic acids is 1. The number of unbranched alkanes of at least 4 members (excludes halogenated alkanes) is 2. The highest BCUT2D eigenvalue weighted by Gasteiger charge is 2.34. The van der Waals surface area contributed by atoms with Crippen molar-refractivity contribution in [2.24, 2.45) is 5.92 Å². The molecule has 0 fully saturated rings. The minimum atomic E-state index is -1.12. The summed E-state index contributed by atoms with van der Waals surface area (Å²) in [6, 6.07) is 12.0. The molecule has 9 nitrogen and oxygen atoms in total. The molecule has 1 aromatic heterocycles. The van der Waals surface area contributed by atoms with Gasteiger partial charge in [-0.25, -0.2) is 9.48 Å². The van der Waals surface area contributed by atoms with Gasteiger partial charge in [0.05, 0.1) is 36.7 Å². The first kappa shape index (κ1) is 39.8. The summed E-state index contributed by atoms with van der Waals surface area (Å²) in [5.74, 6) is -0.984. The van der Waals surface area contributed by atoms with E-state index in [0.717, 1.165) is 43.4 Å². The van der Waals surface area contributed by atoms with Gasteiger partial charge in [-0.15, -0.1) is 5.10 Å². The van der Waals surface area contributed by atoms with Crippen LogP contribution in [0.1, 0.15) is 126 Å². The largest absolute Gasteiger partial charge is 0.507 e. The lowest BCUT2D eigenvalue weighted by atomic mass is 9.73. The maximum Gasteiger partial charge on any atom is 0.339 e. The third-order valence-electron chi connectivity index (χ3n) is 9.77. The minimum Gasteiger partial charge on any atom is -0.507 e. The molecule has 2 atom stereocenters. The van der Waals surface area contributed by atoms with Gasteiger partial charge in [-0.1, -0.05) is 79.1 Å². The number of allylic oxidation sites excluding steroid dienone is 3. The van der Waals surface area contributed by atoms with Gasteiger partial charge >= 0.3 is 5.97 Å². The molecule has 51 heavy (non-hydrogen) atoms. The average molecular weight is 702 g/mol. The number of benzene rings is 2. The van der Waals surface area contributed by atoms with E-state index in [1.165, 1.54) is 11.1 Å². The summed E-state index contributed by atoms with van der Waals surface area (Å²) in [5, 5.41) is 30.5. The molecule has 0 saturated heterocycles. The van der Waals surface area contributed by atoms with Gasteiger partial charge in [0.1, 0.15) is 23.7 Å². The van der Waals surface area contributed by atoms with Crippen LogP contribution < -0.4 is 4.74 Å². The molecular weight excluding hydrogens is 642 g/mol. The molecule has 0 aliphatic heterocycles. The summed E-state index contributed by atoms with van der Waals surface area (Å²) in [6.07, 6.45) is 10.6. The Labute approximate surface area is 304 Å². The number of carboxylic acid groups (broad SMARTS) is 1. The lowest BCUT2D eigenvalue weighted by molar-refractivity contribution is -0.0765. The number of phenols is 1. The maximum atomic E-state index is 12.5. The quantitative estimate of drug-likeness (QED) is 0.0886. The van der Waals surface area contributed by atoms with Crippen LogP contribution in [0.4, 0.5) is 0 Å². The third kappa shape index (κ3) is 11.5. The number of hydrogen-bond acceptors (Lipinski definition) is 7. The third-order valence-corrected chi connectivity index (χ3v) is 9.77. The second kappa shape index (κ2) is 18.0. The van der Waals surface area contributed by atoms with Gasteiger partial charge in [0, 0.05) is 24.1 Å². The first-order chi connectivity index (χ1) is 24.2. The maximum absolute atomic E-state index is 12.5. The highest BCUT2D eigenvalue weighted by atomic mass is 16.5. The van der Waals surface area contributed by atoms with E-state index in [-0.39, 0.29) is 29.8 Å². The van der Waals surface area contributed by atoms with Crippen LogP contribution in [0, 0.1) is 5.92 Å². The molecule has 2 unspecified atom stereocenters. The van der Waals surface area contributed by atoms with Crippen molar-refractivity contribution in [3.05, 3.63) is 94.3 Å². The Kier molecular flexibility index (Phi) is 14.1. The summed E-state index contributed by atoms with van der Waals surface area (Å²) in [4.78, 5) is 12.5.